The van der Waals surface area contributed by atoms with Crippen LogP contribution in [0.1, 0.15) is 74.9 Å². The maximum absolute atomic E-state index is 3.88. The fourth-order valence-corrected chi connectivity index (χ4v) is 14.0. The molecule has 0 saturated carbocycles. The van der Waals surface area contributed by atoms with Crippen molar-refractivity contribution in [3.05, 3.63) is 282 Å². The number of nitrogens with one attached hydrogen (secondary N) is 1. The molecule has 378 valence electrons. The predicted octanol–water partition coefficient (Wildman–Crippen LogP) is 21.1. The van der Waals surface area contributed by atoms with Crippen molar-refractivity contribution in [1.29, 1.82) is 0 Å². The summed E-state index contributed by atoms with van der Waals surface area (Å²) in [6.45, 7) is 14.5. The van der Waals surface area contributed by atoms with Crippen molar-refractivity contribution in [2.75, 3.05) is 10.2 Å². The molecular weight excluding hydrogens is 953 g/mol. The highest BCUT2D eigenvalue weighted by atomic mass is 15.1. The van der Waals surface area contributed by atoms with Crippen LogP contribution in [-0.4, -0.2) is 0 Å². The number of nitrogens with zero attached hydrogens (tertiary/aromatic N) is 1. The molecule has 0 heterocycles. The molecule has 0 aromatic heterocycles. The van der Waals surface area contributed by atoms with Gasteiger partial charge in [0, 0.05) is 50.2 Å². The number of hydrogen-bond donors (Lipinski definition) is 1. The largest absolute Gasteiger partial charge is 0.355 e. The van der Waals surface area contributed by atoms with Crippen molar-refractivity contribution in [1.82, 2.24) is 0 Å². The highest BCUT2D eigenvalue weighted by Gasteiger charge is 2.41. The quantitative estimate of drug-likeness (QED) is 0.163. The standard InChI is InChI=1S/C77H60N2/c1-75(2)67-43-53(54-29-36-63-64-38-33-60(47-71(64)76(3,4)69(63)45-54)79(58-23-11-8-12-24-58)59-32-26-49-18-14-16-22-52(49)42-59)27-34-61(67)62-35-28-55(44-68(62)75)56-30-37-65-66-39-40-72(78-57-31-25-48-17-13-15-21-51(48)41-57)73(50-19-9-7-10-20-50)74(66)77(5,6)70(65)46-56/h7-47,78H,1-6H3. The Morgan fingerprint density at radius 2 is 0.684 bits per heavy atom. The first kappa shape index (κ1) is 47.0. The maximum atomic E-state index is 3.88. The first-order chi connectivity index (χ1) is 38.4. The van der Waals surface area contributed by atoms with E-state index in [1.807, 2.05) is 0 Å². The fourth-order valence-electron chi connectivity index (χ4n) is 14.0. The van der Waals surface area contributed by atoms with Gasteiger partial charge in [0.15, 0.2) is 0 Å². The van der Waals surface area contributed by atoms with Crippen molar-refractivity contribution in [3.63, 3.8) is 0 Å². The Morgan fingerprint density at radius 3 is 1.24 bits per heavy atom. The zero-order valence-electron chi connectivity index (χ0n) is 45.6. The van der Waals surface area contributed by atoms with E-state index in [2.05, 4.69) is 300 Å². The highest BCUT2D eigenvalue weighted by molar-refractivity contribution is 5.98. The molecule has 15 rings (SSSR count). The topological polar surface area (TPSA) is 15.3 Å². The van der Waals surface area contributed by atoms with E-state index < -0.39 is 0 Å². The normalized spacial score (nSPS) is 14.5. The average Bonchev–Trinajstić information content (AvgIpc) is 4.16. The molecule has 0 unspecified atom stereocenters. The fraction of sp³-hybridized carbons (Fsp3) is 0.117. The molecule has 3 aliphatic rings. The molecule has 12 aromatic rings. The molecule has 0 amide bonds. The number of benzene rings is 12. The molecule has 3 aliphatic carbocycles. The number of anilines is 5. The molecule has 79 heavy (non-hydrogen) atoms. The Hall–Kier alpha value is -9.24. The van der Waals surface area contributed by atoms with Gasteiger partial charge in [0.25, 0.3) is 0 Å². The summed E-state index contributed by atoms with van der Waals surface area (Å²) < 4.78 is 0. The van der Waals surface area contributed by atoms with Crippen LogP contribution in [0.5, 0.6) is 0 Å². The van der Waals surface area contributed by atoms with E-state index in [4.69, 9.17) is 0 Å². The Labute approximate surface area is 464 Å². The van der Waals surface area contributed by atoms with Gasteiger partial charge in [-0.3, -0.25) is 0 Å². The van der Waals surface area contributed by atoms with Gasteiger partial charge in [0.2, 0.25) is 0 Å². The molecule has 2 heteroatoms. The Morgan fingerprint density at radius 1 is 0.278 bits per heavy atom. The third kappa shape index (κ3) is 7.31. The number of hydrogen-bond acceptors (Lipinski definition) is 2. The zero-order chi connectivity index (χ0) is 53.4. The Kier molecular flexibility index (Phi) is 10.3. The summed E-state index contributed by atoms with van der Waals surface area (Å²) in [6.07, 6.45) is 0. The molecule has 12 aromatic carbocycles. The summed E-state index contributed by atoms with van der Waals surface area (Å²) in [4.78, 5) is 2.40. The van der Waals surface area contributed by atoms with Gasteiger partial charge >= 0.3 is 0 Å². The minimum atomic E-state index is -0.254. The predicted molar refractivity (Wildman–Crippen MR) is 335 cm³/mol. The van der Waals surface area contributed by atoms with Gasteiger partial charge in [-0.15, -0.1) is 0 Å². The molecule has 1 N–H and O–H groups in total. The first-order valence-electron chi connectivity index (χ1n) is 28.0. The lowest BCUT2D eigenvalue weighted by Gasteiger charge is -2.28. The second kappa shape index (κ2) is 17.4. The van der Waals surface area contributed by atoms with Gasteiger partial charge in [-0.1, -0.05) is 211 Å². The molecule has 0 spiro atoms. The van der Waals surface area contributed by atoms with Crippen molar-refractivity contribution < 1.29 is 0 Å². The number of rotatable bonds is 8. The summed E-state index contributed by atoms with van der Waals surface area (Å²) in [5.41, 5.74) is 28.6. The second-order valence-electron chi connectivity index (χ2n) is 23.8. The Balaban J connectivity index is 0.737. The van der Waals surface area contributed by atoms with Crippen LogP contribution in [0.25, 0.3) is 88.3 Å². The summed E-state index contributed by atoms with van der Waals surface area (Å²) in [5.74, 6) is 0. The molecule has 0 atom stereocenters. The van der Waals surface area contributed by atoms with E-state index in [-0.39, 0.29) is 16.2 Å². The summed E-state index contributed by atoms with van der Waals surface area (Å²) >= 11 is 0. The summed E-state index contributed by atoms with van der Waals surface area (Å²) in [7, 11) is 0. The molecule has 0 aliphatic heterocycles. The second-order valence-corrected chi connectivity index (χ2v) is 23.8. The van der Waals surface area contributed by atoms with Crippen molar-refractivity contribution in [2.45, 2.75) is 57.8 Å². The first-order valence-corrected chi connectivity index (χ1v) is 28.0. The molecule has 0 bridgehead atoms. The van der Waals surface area contributed by atoms with Crippen LogP contribution >= 0.6 is 0 Å². The molecule has 0 fully saturated rings. The van der Waals surface area contributed by atoms with Crippen LogP contribution in [0, 0.1) is 0 Å². The van der Waals surface area contributed by atoms with E-state index in [1.54, 1.807) is 0 Å². The van der Waals surface area contributed by atoms with Gasteiger partial charge in [-0.05, 0) is 195 Å². The van der Waals surface area contributed by atoms with Gasteiger partial charge in [-0.2, -0.15) is 0 Å². The molecule has 0 radical (unpaired) electrons. The van der Waals surface area contributed by atoms with E-state index in [9.17, 15) is 0 Å². The van der Waals surface area contributed by atoms with E-state index in [1.165, 1.54) is 122 Å². The van der Waals surface area contributed by atoms with Crippen LogP contribution in [0.4, 0.5) is 28.4 Å². The minimum absolute atomic E-state index is 0.194. The zero-order valence-corrected chi connectivity index (χ0v) is 45.6. The van der Waals surface area contributed by atoms with E-state index in [0.717, 1.165) is 28.4 Å². The van der Waals surface area contributed by atoms with Gasteiger partial charge < -0.3 is 10.2 Å². The van der Waals surface area contributed by atoms with Crippen LogP contribution in [0.3, 0.4) is 0 Å². The van der Waals surface area contributed by atoms with Gasteiger partial charge in [-0.25, -0.2) is 0 Å². The lowest BCUT2D eigenvalue weighted by Crippen LogP contribution is -2.17. The van der Waals surface area contributed by atoms with Crippen molar-refractivity contribution in [3.8, 4) is 66.8 Å². The van der Waals surface area contributed by atoms with Gasteiger partial charge in [0.1, 0.15) is 0 Å². The monoisotopic (exact) mass is 1010 g/mol. The molecular formula is C77H60N2. The minimum Gasteiger partial charge on any atom is -0.355 e. The third-order valence-electron chi connectivity index (χ3n) is 18.2. The Bertz CT molecular complexity index is 4480. The highest BCUT2D eigenvalue weighted by Crippen LogP contribution is 2.57. The number of para-hydroxylation sites is 1. The molecule has 0 saturated heterocycles. The van der Waals surface area contributed by atoms with Crippen molar-refractivity contribution >= 4 is 50.0 Å². The lowest BCUT2D eigenvalue weighted by atomic mass is 9.77. The van der Waals surface area contributed by atoms with Crippen molar-refractivity contribution in [2.24, 2.45) is 0 Å². The number of fused-ring (bicyclic) bond motifs is 11. The SMILES string of the molecule is CC1(C)c2cc(-c3ccc4c(c3)C(C)(C)c3cc(N(c5ccccc5)c5ccc6ccccc6c5)ccc3-4)ccc2-c2ccc(-c3ccc4c(c3)C(C)(C)c3c-4ccc(Nc4ccc5ccccc5c4)c3-c3ccccc3)cc21. The van der Waals surface area contributed by atoms with E-state index >= 15 is 0 Å². The molecule has 2 nitrogen and oxygen atoms in total. The average molecular weight is 1010 g/mol. The van der Waals surface area contributed by atoms with E-state index in [0.29, 0.717) is 0 Å². The third-order valence-corrected chi connectivity index (χ3v) is 18.2. The van der Waals surface area contributed by atoms with Crippen LogP contribution in [0.2, 0.25) is 0 Å². The van der Waals surface area contributed by atoms with Crippen LogP contribution in [-0.2, 0) is 16.2 Å². The van der Waals surface area contributed by atoms with Gasteiger partial charge in [0.05, 0.1) is 0 Å². The summed E-state index contributed by atoms with van der Waals surface area (Å²) in [6, 6.07) is 92.9. The summed E-state index contributed by atoms with van der Waals surface area (Å²) in [5, 5.41) is 8.82. The van der Waals surface area contributed by atoms with Crippen LogP contribution in [0.15, 0.2) is 249 Å². The lowest BCUT2D eigenvalue weighted by molar-refractivity contribution is 0.659. The smallest absolute Gasteiger partial charge is 0.0468 e. The maximum Gasteiger partial charge on any atom is 0.0468 e. The van der Waals surface area contributed by atoms with Crippen LogP contribution < -0.4 is 10.2 Å².